The maximum Gasteiger partial charge on any atom is 0.216 e. The molecule has 1 aromatic heterocycles. The zero-order chi connectivity index (χ0) is 15.2. The van der Waals surface area contributed by atoms with Gasteiger partial charge in [0.2, 0.25) is 5.91 Å². The summed E-state index contributed by atoms with van der Waals surface area (Å²) >= 11 is 0. The van der Waals surface area contributed by atoms with Crippen LogP contribution in [0.2, 0.25) is 0 Å². The Hall–Kier alpha value is -2.02. The van der Waals surface area contributed by atoms with E-state index in [2.05, 4.69) is 20.5 Å². The highest BCUT2D eigenvalue weighted by Crippen LogP contribution is 2.27. The molecule has 1 unspecified atom stereocenters. The molecule has 7 heteroatoms. The van der Waals surface area contributed by atoms with E-state index in [-0.39, 0.29) is 18.6 Å². The first-order valence-corrected chi connectivity index (χ1v) is 7.24. The number of hydrogen-bond acceptors (Lipinski definition) is 6. The van der Waals surface area contributed by atoms with Gasteiger partial charge in [-0.1, -0.05) is 0 Å². The largest absolute Gasteiger partial charge is 0.396 e. The number of hydrogen-bond donors (Lipinski definition) is 4. The molecule has 116 valence electrons. The number of amides is 1. The van der Waals surface area contributed by atoms with Crippen molar-refractivity contribution in [3.63, 3.8) is 0 Å². The zero-order valence-corrected chi connectivity index (χ0v) is 12.3. The van der Waals surface area contributed by atoms with Gasteiger partial charge >= 0.3 is 0 Å². The van der Waals surface area contributed by atoms with Crippen LogP contribution < -0.4 is 21.3 Å². The van der Waals surface area contributed by atoms with Gasteiger partial charge in [-0.3, -0.25) is 4.79 Å². The molecule has 1 fully saturated rings. The summed E-state index contributed by atoms with van der Waals surface area (Å²) in [5.41, 5.74) is 6.49. The Balaban J connectivity index is 2.01. The van der Waals surface area contributed by atoms with Crippen molar-refractivity contribution in [3.8, 4) is 0 Å². The van der Waals surface area contributed by atoms with Crippen molar-refractivity contribution in [3.05, 3.63) is 12.1 Å². The van der Waals surface area contributed by atoms with Gasteiger partial charge in [-0.2, -0.15) is 0 Å². The molecule has 0 radical (unpaired) electrons. The van der Waals surface area contributed by atoms with E-state index in [1.54, 1.807) is 0 Å². The zero-order valence-electron chi connectivity index (χ0n) is 12.3. The van der Waals surface area contributed by atoms with Crippen molar-refractivity contribution < 1.29 is 9.90 Å². The summed E-state index contributed by atoms with van der Waals surface area (Å²) < 4.78 is 0. The monoisotopic (exact) mass is 293 g/mol. The maximum atomic E-state index is 10.8. The van der Waals surface area contributed by atoms with Crippen molar-refractivity contribution in [1.82, 2.24) is 10.3 Å². The third-order valence-corrected chi connectivity index (χ3v) is 3.59. The summed E-state index contributed by atoms with van der Waals surface area (Å²) in [6.07, 6.45) is 2.04. The lowest BCUT2D eigenvalue weighted by atomic mass is 10.2. The summed E-state index contributed by atoms with van der Waals surface area (Å²) in [6, 6.07) is 3.83. The van der Waals surface area contributed by atoms with Crippen molar-refractivity contribution in [2.45, 2.75) is 25.8 Å². The van der Waals surface area contributed by atoms with Crippen LogP contribution in [0.4, 0.5) is 17.3 Å². The third kappa shape index (κ3) is 3.98. The number of nitrogens with zero attached hydrogens (tertiary/aromatic N) is 2. The molecule has 5 N–H and O–H groups in total. The van der Waals surface area contributed by atoms with E-state index in [0.29, 0.717) is 24.6 Å². The second-order valence-corrected chi connectivity index (χ2v) is 5.19. The predicted molar refractivity (Wildman–Crippen MR) is 83.3 cm³/mol. The Morgan fingerprint density at radius 1 is 1.52 bits per heavy atom. The first-order chi connectivity index (χ1) is 10.1. The molecule has 0 spiro atoms. The van der Waals surface area contributed by atoms with Gasteiger partial charge < -0.3 is 26.4 Å². The molecular formula is C14H23N5O2. The van der Waals surface area contributed by atoms with E-state index < -0.39 is 0 Å². The predicted octanol–water partition coefficient (Wildman–Crippen LogP) is 0.173. The maximum absolute atomic E-state index is 10.8. The molecule has 1 aliphatic heterocycles. The van der Waals surface area contributed by atoms with E-state index in [0.717, 1.165) is 25.2 Å². The topological polar surface area (TPSA) is 104 Å². The van der Waals surface area contributed by atoms with E-state index in [4.69, 9.17) is 5.73 Å². The highest BCUT2D eigenvalue weighted by Gasteiger charge is 2.25. The van der Waals surface area contributed by atoms with Gasteiger partial charge in [-0.05, 0) is 25.0 Å². The van der Waals surface area contributed by atoms with E-state index >= 15 is 0 Å². The van der Waals surface area contributed by atoms with Crippen LogP contribution in [0.5, 0.6) is 0 Å². The van der Waals surface area contributed by atoms with Crippen molar-refractivity contribution >= 4 is 23.2 Å². The van der Waals surface area contributed by atoms with Gasteiger partial charge in [0.1, 0.15) is 5.82 Å². The summed E-state index contributed by atoms with van der Waals surface area (Å²) in [4.78, 5) is 17.5. The van der Waals surface area contributed by atoms with E-state index in [1.165, 1.54) is 6.92 Å². The summed E-state index contributed by atoms with van der Waals surface area (Å²) in [6.45, 7) is 3.59. The number of carbonyl (C=O) groups excluding carboxylic acids is 1. The van der Waals surface area contributed by atoms with Crippen LogP contribution in [0.1, 0.15) is 19.8 Å². The van der Waals surface area contributed by atoms with Crippen LogP contribution in [0.15, 0.2) is 12.1 Å². The number of pyridine rings is 1. The number of aromatic nitrogens is 1. The molecule has 21 heavy (non-hydrogen) atoms. The minimum Gasteiger partial charge on any atom is -0.396 e. The normalized spacial score (nSPS) is 17.8. The minimum absolute atomic E-state index is 0.0608. The molecule has 2 heterocycles. The summed E-state index contributed by atoms with van der Waals surface area (Å²) in [5, 5.41) is 15.2. The Labute approximate surface area is 124 Å². The fourth-order valence-electron chi connectivity index (χ4n) is 2.51. The lowest BCUT2D eigenvalue weighted by Gasteiger charge is -2.25. The number of nitrogens with two attached hydrogens (primary N) is 1. The first-order valence-electron chi connectivity index (χ1n) is 7.24. The Morgan fingerprint density at radius 2 is 2.33 bits per heavy atom. The Kier molecular flexibility index (Phi) is 5.21. The quantitative estimate of drug-likeness (QED) is 0.558. The third-order valence-electron chi connectivity index (χ3n) is 3.59. The summed E-state index contributed by atoms with van der Waals surface area (Å²) in [5.74, 6) is 1.37. The average molecular weight is 293 g/mol. The summed E-state index contributed by atoms with van der Waals surface area (Å²) in [7, 11) is 0. The Morgan fingerprint density at radius 3 is 3.05 bits per heavy atom. The number of aliphatic hydroxyl groups excluding tert-OH is 1. The molecule has 7 nitrogen and oxygen atoms in total. The highest BCUT2D eigenvalue weighted by molar-refractivity contribution is 5.72. The highest BCUT2D eigenvalue weighted by atomic mass is 16.3. The molecular weight excluding hydrogens is 270 g/mol. The smallest absolute Gasteiger partial charge is 0.216 e. The molecule has 0 aliphatic carbocycles. The molecule has 1 saturated heterocycles. The fraction of sp³-hybridized carbons (Fsp3) is 0.571. The Bertz CT molecular complexity index is 494. The van der Waals surface area contributed by atoms with Crippen molar-refractivity contribution in [2.75, 3.05) is 42.2 Å². The van der Waals surface area contributed by atoms with Gasteiger partial charge in [0, 0.05) is 26.6 Å². The SMILES string of the molecule is CC(=O)NCCNc1nc(N2CCCC2CO)ccc1N. The molecule has 1 amide bonds. The van der Waals surface area contributed by atoms with Crippen molar-refractivity contribution in [2.24, 2.45) is 0 Å². The minimum atomic E-state index is -0.0608. The van der Waals surface area contributed by atoms with Gasteiger partial charge in [0.15, 0.2) is 5.82 Å². The van der Waals surface area contributed by atoms with Gasteiger partial charge in [-0.15, -0.1) is 0 Å². The van der Waals surface area contributed by atoms with Crippen LogP contribution in [0, 0.1) is 0 Å². The molecule has 1 aliphatic rings. The molecule has 0 aromatic carbocycles. The second-order valence-electron chi connectivity index (χ2n) is 5.19. The van der Waals surface area contributed by atoms with E-state index in [1.807, 2.05) is 12.1 Å². The number of nitrogen functional groups attached to an aromatic ring is 1. The van der Waals surface area contributed by atoms with Crippen molar-refractivity contribution in [1.29, 1.82) is 0 Å². The molecule has 0 bridgehead atoms. The number of carbonyl (C=O) groups is 1. The van der Waals surface area contributed by atoms with Crippen LogP contribution in [-0.2, 0) is 4.79 Å². The standard InChI is InChI=1S/C14H23N5O2/c1-10(21)16-6-7-17-14-12(15)4-5-13(18-14)19-8-2-3-11(19)9-20/h4-5,11,20H,2-3,6-9,15H2,1H3,(H,16,21)(H,17,18). The number of nitrogens with one attached hydrogen (secondary N) is 2. The van der Waals surface area contributed by atoms with E-state index in [9.17, 15) is 9.90 Å². The number of rotatable bonds is 6. The molecule has 1 aromatic rings. The molecule has 2 rings (SSSR count). The van der Waals surface area contributed by atoms with Crippen LogP contribution in [0.3, 0.4) is 0 Å². The number of aliphatic hydroxyl groups is 1. The fourth-order valence-corrected chi connectivity index (χ4v) is 2.51. The molecule has 1 atom stereocenters. The second kappa shape index (κ2) is 7.12. The van der Waals surface area contributed by atoms with Gasteiger partial charge in [0.25, 0.3) is 0 Å². The first kappa shape index (κ1) is 15.4. The van der Waals surface area contributed by atoms with Crippen LogP contribution in [-0.4, -0.2) is 48.3 Å². The number of anilines is 3. The lowest BCUT2D eigenvalue weighted by Crippen LogP contribution is -2.33. The lowest BCUT2D eigenvalue weighted by molar-refractivity contribution is -0.118. The van der Waals surface area contributed by atoms with Gasteiger partial charge in [-0.25, -0.2) is 4.98 Å². The molecule has 0 saturated carbocycles. The van der Waals surface area contributed by atoms with Gasteiger partial charge in [0.05, 0.1) is 18.3 Å². The average Bonchev–Trinajstić information content (AvgIpc) is 2.93. The van der Waals surface area contributed by atoms with Crippen LogP contribution in [0.25, 0.3) is 0 Å². The van der Waals surface area contributed by atoms with Crippen LogP contribution >= 0.6 is 0 Å².